The Morgan fingerprint density at radius 2 is 2.00 bits per heavy atom. The molecular formula is C13H20O6. The Morgan fingerprint density at radius 1 is 1.26 bits per heavy atom. The smallest absolute Gasteiger partial charge is 0.303 e. The maximum absolute atomic E-state index is 11.2. The third kappa shape index (κ3) is 1.89. The van der Waals surface area contributed by atoms with E-state index in [0.717, 1.165) is 12.8 Å². The highest BCUT2D eigenvalue weighted by atomic mass is 16.8. The summed E-state index contributed by atoms with van der Waals surface area (Å²) in [6.45, 7) is 5.14. The summed E-state index contributed by atoms with van der Waals surface area (Å²) in [6.07, 6.45) is 0.262. The first-order valence-electron chi connectivity index (χ1n) is 6.61. The van der Waals surface area contributed by atoms with Gasteiger partial charge in [-0.1, -0.05) is 0 Å². The van der Waals surface area contributed by atoms with E-state index in [1.165, 1.54) is 6.92 Å². The molecule has 0 aromatic carbocycles. The molecule has 19 heavy (non-hydrogen) atoms. The Labute approximate surface area is 112 Å². The van der Waals surface area contributed by atoms with Crippen molar-refractivity contribution in [2.75, 3.05) is 7.11 Å². The van der Waals surface area contributed by atoms with E-state index in [9.17, 15) is 4.79 Å². The van der Waals surface area contributed by atoms with Crippen molar-refractivity contribution in [3.63, 3.8) is 0 Å². The number of hydrogen-bond acceptors (Lipinski definition) is 6. The Balaban J connectivity index is 1.84. The fourth-order valence-corrected chi connectivity index (χ4v) is 3.26. The molecule has 1 aliphatic carbocycles. The molecule has 0 radical (unpaired) electrons. The minimum absolute atomic E-state index is 0.259. The van der Waals surface area contributed by atoms with E-state index in [1.54, 1.807) is 7.11 Å². The number of carbonyl (C=O) groups excluding carboxylic acids is 1. The number of fused-ring (bicyclic) bond motifs is 2. The quantitative estimate of drug-likeness (QED) is 0.698. The van der Waals surface area contributed by atoms with E-state index < -0.39 is 17.7 Å². The van der Waals surface area contributed by atoms with Crippen LogP contribution in [0.1, 0.15) is 33.6 Å². The maximum Gasteiger partial charge on any atom is 0.303 e. The Morgan fingerprint density at radius 3 is 2.53 bits per heavy atom. The molecule has 2 heterocycles. The summed E-state index contributed by atoms with van der Waals surface area (Å²) in [5.74, 6) is -0.970. The second-order valence-electron chi connectivity index (χ2n) is 5.83. The molecule has 0 bridgehead atoms. The summed E-state index contributed by atoms with van der Waals surface area (Å²) in [5.41, 5.74) is -0.620. The average molecular weight is 272 g/mol. The van der Waals surface area contributed by atoms with Crippen molar-refractivity contribution in [2.24, 2.45) is 0 Å². The second kappa shape index (κ2) is 4.15. The molecule has 6 heteroatoms. The Kier molecular flexibility index (Phi) is 2.91. The lowest BCUT2D eigenvalue weighted by molar-refractivity contribution is -0.291. The Hall–Kier alpha value is -0.690. The maximum atomic E-state index is 11.2. The van der Waals surface area contributed by atoms with Crippen LogP contribution in [-0.2, 0) is 28.5 Å². The fraction of sp³-hybridized carbons (Fsp3) is 0.923. The summed E-state index contributed by atoms with van der Waals surface area (Å²) in [4.78, 5) is 11.2. The molecule has 0 aromatic rings. The normalized spacial score (nSPS) is 46.9. The number of carbonyl (C=O) groups is 1. The van der Waals surface area contributed by atoms with Gasteiger partial charge in [0.25, 0.3) is 0 Å². The molecular weight excluding hydrogens is 252 g/mol. The zero-order chi connectivity index (χ0) is 13.8. The monoisotopic (exact) mass is 272 g/mol. The van der Waals surface area contributed by atoms with E-state index in [-0.39, 0.29) is 24.3 Å². The van der Waals surface area contributed by atoms with Crippen LogP contribution in [0.25, 0.3) is 0 Å². The van der Waals surface area contributed by atoms with Crippen molar-refractivity contribution in [3.05, 3.63) is 0 Å². The lowest BCUT2D eigenvalue weighted by Gasteiger charge is -2.47. The number of hydrogen-bond donors (Lipinski definition) is 0. The van der Waals surface area contributed by atoms with Gasteiger partial charge in [0.2, 0.25) is 0 Å². The van der Waals surface area contributed by atoms with Crippen LogP contribution in [0.2, 0.25) is 0 Å². The van der Waals surface area contributed by atoms with Crippen molar-refractivity contribution in [1.82, 2.24) is 0 Å². The van der Waals surface area contributed by atoms with Gasteiger partial charge in [-0.25, -0.2) is 0 Å². The summed E-state index contributed by atoms with van der Waals surface area (Å²) >= 11 is 0. The van der Waals surface area contributed by atoms with Gasteiger partial charge < -0.3 is 23.7 Å². The molecule has 108 valence electrons. The summed E-state index contributed by atoms with van der Waals surface area (Å²) < 4.78 is 28.4. The summed E-state index contributed by atoms with van der Waals surface area (Å²) in [5, 5.41) is 0. The predicted octanol–water partition coefficient (Wildman–Crippen LogP) is 0.973. The highest BCUT2D eigenvalue weighted by Crippen LogP contribution is 2.54. The third-order valence-electron chi connectivity index (χ3n) is 4.10. The molecule has 6 nitrogen and oxygen atoms in total. The number of methoxy groups -OCH3 is 1. The molecule has 3 fully saturated rings. The van der Waals surface area contributed by atoms with Crippen LogP contribution < -0.4 is 0 Å². The van der Waals surface area contributed by atoms with Crippen LogP contribution in [0.3, 0.4) is 0 Å². The molecule has 1 unspecified atom stereocenters. The lowest BCUT2D eigenvalue weighted by Crippen LogP contribution is -2.61. The van der Waals surface area contributed by atoms with Crippen molar-refractivity contribution < 1.29 is 28.5 Å². The van der Waals surface area contributed by atoms with E-state index in [1.807, 2.05) is 13.8 Å². The standard InChI is InChI=1S/C13H20O6/c1-7(14)16-8-5-6-13(8)10-9(11(15-4)19-13)17-12(2,3)18-10/h8-11H,5-6H2,1-4H3/t8-,9+,10?,11-,13-/m1/s1. The van der Waals surface area contributed by atoms with Crippen LogP contribution in [0.4, 0.5) is 0 Å². The first kappa shape index (κ1) is 13.3. The first-order chi connectivity index (χ1) is 8.88. The lowest BCUT2D eigenvalue weighted by atomic mass is 9.72. The first-order valence-corrected chi connectivity index (χ1v) is 6.61. The summed E-state index contributed by atoms with van der Waals surface area (Å²) in [7, 11) is 1.58. The van der Waals surface area contributed by atoms with Gasteiger partial charge in [0, 0.05) is 14.0 Å². The van der Waals surface area contributed by atoms with E-state index in [4.69, 9.17) is 23.7 Å². The van der Waals surface area contributed by atoms with Crippen LogP contribution in [0.15, 0.2) is 0 Å². The van der Waals surface area contributed by atoms with Crippen molar-refractivity contribution in [3.8, 4) is 0 Å². The third-order valence-corrected chi connectivity index (χ3v) is 4.10. The van der Waals surface area contributed by atoms with Gasteiger partial charge in [0.15, 0.2) is 12.1 Å². The molecule has 3 rings (SSSR count). The van der Waals surface area contributed by atoms with Crippen LogP contribution in [0.5, 0.6) is 0 Å². The molecule has 3 aliphatic rings. The topological polar surface area (TPSA) is 63.2 Å². The molecule has 2 aliphatic heterocycles. The average Bonchev–Trinajstić information content (AvgIpc) is 2.76. The molecule has 0 N–H and O–H groups in total. The largest absolute Gasteiger partial charge is 0.459 e. The van der Waals surface area contributed by atoms with Gasteiger partial charge in [-0.15, -0.1) is 0 Å². The summed E-state index contributed by atoms with van der Waals surface area (Å²) in [6, 6.07) is 0. The van der Waals surface area contributed by atoms with E-state index in [0.29, 0.717) is 0 Å². The van der Waals surface area contributed by atoms with Gasteiger partial charge in [-0.3, -0.25) is 4.79 Å². The molecule has 0 amide bonds. The number of ether oxygens (including phenoxy) is 5. The van der Waals surface area contributed by atoms with E-state index >= 15 is 0 Å². The number of esters is 1. The molecule has 2 saturated heterocycles. The van der Waals surface area contributed by atoms with Crippen molar-refractivity contribution in [1.29, 1.82) is 0 Å². The van der Waals surface area contributed by atoms with Crippen LogP contribution in [0, 0.1) is 0 Å². The zero-order valence-electron chi connectivity index (χ0n) is 11.7. The number of rotatable bonds is 2. The zero-order valence-corrected chi connectivity index (χ0v) is 11.7. The highest BCUT2D eigenvalue weighted by Gasteiger charge is 2.70. The van der Waals surface area contributed by atoms with Gasteiger partial charge in [-0.2, -0.15) is 0 Å². The minimum Gasteiger partial charge on any atom is -0.459 e. The van der Waals surface area contributed by atoms with Gasteiger partial charge in [0.1, 0.15) is 23.9 Å². The predicted molar refractivity (Wildman–Crippen MR) is 63.2 cm³/mol. The van der Waals surface area contributed by atoms with Gasteiger partial charge >= 0.3 is 5.97 Å². The molecule has 1 saturated carbocycles. The SMILES string of the molecule is CO[C@@H]1O[C@@]2(CC[C@H]2OC(C)=O)C2OC(C)(C)O[C@@H]21. The molecule has 0 aromatic heterocycles. The second-order valence-corrected chi connectivity index (χ2v) is 5.83. The molecule has 1 spiro atoms. The van der Waals surface area contributed by atoms with Crippen LogP contribution >= 0.6 is 0 Å². The van der Waals surface area contributed by atoms with Crippen LogP contribution in [-0.4, -0.2) is 49.1 Å². The highest BCUT2D eigenvalue weighted by molar-refractivity contribution is 5.66. The van der Waals surface area contributed by atoms with Crippen molar-refractivity contribution in [2.45, 2.75) is 69.6 Å². The minimum atomic E-state index is -0.667. The van der Waals surface area contributed by atoms with Gasteiger partial charge in [0.05, 0.1) is 0 Å². The Bertz CT molecular complexity index is 395. The van der Waals surface area contributed by atoms with Crippen molar-refractivity contribution >= 4 is 5.97 Å². The molecule has 5 atom stereocenters. The van der Waals surface area contributed by atoms with E-state index in [2.05, 4.69) is 0 Å². The van der Waals surface area contributed by atoms with Gasteiger partial charge in [-0.05, 0) is 26.7 Å². The fourth-order valence-electron chi connectivity index (χ4n) is 3.26.